The minimum Gasteiger partial charge on any atom is -0.315 e. The molecule has 0 saturated heterocycles. The molecule has 3 aromatic rings. The number of fused-ring (bicyclic) bond motifs is 1. The first-order valence-corrected chi connectivity index (χ1v) is 10.6. The molecule has 0 bridgehead atoms. The van der Waals surface area contributed by atoms with Crippen LogP contribution in [0.2, 0.25) is 0 Å². The van der Waals surface area contributed by atoms with Crippen LogP contribution in [0.15, 0.2) is 58.7 Å². The summed E-state index contributed by atoms with van der Waals surface area (Å²) in [5.41, 5.74) is 1.38. The molecule has 0 saturated carbocycles. The number of aromatic nitrogens is 1. The van der Waals surface area contributed by atoms with E-state index in [1.807, 2.05) is 28.8 Å². The summed E-state index contributed by atoms with van der Waals surface area (Å²) >= 11 is 1.39. The first-order valence-electron chi connectivity index (χ1n) is 8.18. The van der Waals surface area contributed by atoms with E-state index >= 15 is 0 Å². The van der Waals surface area contributed by atoms with Gasteiger partial charge >= 0.3 is 0 Å². The van der Waals surface area contributed by atoms with Gasteiger partial charge in [-0.3, -0.25) is 14.7 Å². The number of hydrogen-bond donors (Lipinski definition) is 1. The molecule has 1 aromatic heterocycles. The Bertz CT molecular complexity index is 1210. The molecule has 11 heteroatoms. The Balaban J connectivity index is 1.91. The Labute approximate surface area is 164 Å². The Morgan fingerprint density at radius 1 is 1.21 bits per heavy atom. The first-order chi connectivity index (χ1) is 13.3. The van der Waals surface area contributed by atoms with Gasteiger partial charge in [0.1, 0.15) is 0 Å². The van der Waals surface area contributed by atoms with E-state index in [1.165, 1.54) is 29.7 Å². The summed E-state index contributed by atoms with van der Waals surface area (Å²) in [4.78, 5) is 10.9. The average molecular weight is 420 g/mol. The Kier molecular flexibility index (Phi) is 5.97. The smallest absolute Gasteiger partial charge is 0.270 e. The lowest BCUT2D eigenvalue weighted by Crippen LogP contribution is -2.17. The van der Waals surface area contributed by atoms with Gasteiger partial charge < -0.3 is 4.57 Å². The third kappa shape index (κ3) is 5.09. The fourth-order valence-corrected chi connectivity index (χ4v) is 4.09. The van der Waals surface area contributed by atoms with Gasteiger partial charge in [-0.05, 0) is 18.6 Å². The van der Waals surface area contributed by atoms with Crippen molar-refractivity contribution in [3.63, 3.8) is 0 Å². The number of para-hydroxylation sites is 1. The van der Waals surface area contributed by atoms with E-state index in [0.29, 0.717) is 16.9 Å². The summed E-state index contributed by atoms with van der Waals surface area (Å²) < 4.78 is 33.6. The zero-order valence-corrected chi connectivity index (χ0v) is 16.1. The van der Waals surface area contributed by atoms with Crippen LogP contribution >= 0.6 is 11.3 Å². The highest BCUT2D eigenvalue weighted by Crippen LogP contribution is 2.17. The molecule has 2 aromatic carbocycles. The average Bonchev–Trinajstić information content (AvgIpc) is 2.99. The molecule has 1 N–H and O–H groups in total. The number of nitro groups is 1. The summed E-state index contributed by atoms with van der Waals surface area (Å²) in [6.45, 7) is 0.342. The summed E-state index contributed by atoms with van der Waals surface area (Å²) in [5, 5.41) is 19.1. The Morgan fingerprint density at radius 2 is 2.00 bits per heavy atom. The highest BCUT2D eigenvalue weighted by Gasteiger charge is 2.09. The van der Waals surface area contributed by atoms with Crippen LogP contribution in [0.3, 0.4) is 0 Å². The summed E-state index contributed by atoms with van der Waals surface area (Å²) in [5.74, 6) is -0.347. The van der Waals surface area contributed by atoms with Crippen molar-refractivity contribution in [2.24, 2.45) is 10.2 Å². The van der Waals surface area contributed by atoms with Crippen molar-refractivity contribution in [1.29, 1.82) is 0 Å². The normalized spacial score (nSPS) is 12.8. The van der Waals surface area contributed by atoms with Gasteiger partial charge in [0.15, 0.2) is 0 Å². The number of nitrogens with zero attached hydrogens (tertiary/aromatic N) is 4. The van der Waals surface area contributed by atoms with Crippen LogP contribution in [-0.4, -0.2) is 34.4 Å². The molecular weight excluding hydrogens is 404 g/mol. The van der Waals surface area contributed by atoms with Gasteiger partial charge in [0, 0.05) is 24.2 Å². The molecule has 0 unspecified atom stereocenters. The minimum atomic E-state index is -4.03. The SMILES string of the molecule is O=[N+]([O-])c1cccc(C=NN=c2sc3ccccc3n2CCCS(=O)(=O)O)c1. The summed E-state index contributed by atoms with van der Waals surface area (Å²) in [6.07, 6.45) is 1.64. The number of benzene rings is 2. The molecule has 9 nitrogen and oxygen atoms in total. The quantitative estimate of drug-likeness (QED) is 0.272. The zero-order chi connectivity index (χ0) is 20.1. The topological polar surface area (TPSA) is 127 Å². The number of rotatable bonds is 7. The van der Waals surface area contributed by atoms with Crippen molar-refractivity contribution >= 4 is 43.6 Å². The standard InChI is InChI=1S/C17H16N4O5S2/c22-21(23)14-6-3-5-13(11-14)12-18-19-17-20(9-4-10-28(24,25)26)15-7-1-2-8-16(15)27-17/h1-3,5-8,11-12H,4,9-10H2,(H,24,25,26). The van der Waals surface area contributed by atoms with Crippen molar-refractivity contribution in [3.05, 3.63) is 69.0 Å². The van der Waals surface area contributed by atoms with Gasteiger partial charge in [-0.2, -0.15) is 13.5 Å². The van der Waals surface area contributed by atoms with Crippen LogP contribution in [0.25, 0.3) is 10.2 Å². The van der Waals surface area contributed by atoms with Gasteiger partial charge in [-0.25, -0.2) is 0 Å². The van der Waals surface area contributed by atoms with Crippen molar-refractivity contribution in [3.8, 4) is 0 Å². The molecule has 1 heterocycles. The second-order valence-corrected chi connectivity index (χ2v) is 8.42. The first kappa shape index (κ1) is 19.9. The van der Waals surface area contributed by atoms with E-state index in [2.05, 4.69) is 10.2 Å². The maximum atomic E-state index is 11.0. The highest BCUT2D eigenvalue weighted by atomic mass is 32.2. The maximum absolute atomic E-state index is 11.0. The van der Waals surface area contributed by atoms with Crippen LogP contribution in [0.4, 0.5) is 5.69 Å². The van der Waals surface area contributed by atoms with Gasteiger partial charge in [0.2, 0.25) is 4.80 Å². The number of non-ortho nitro benzene ring substituents is 1. The second-order valence-electron chi connectivity index (χ2n) is 5.84. The molecule has 0 amide bonds. The van der Waals surface area contributed by atoms with E-state index in [1.54, 1.807) is 12.1 Å². The third-order valence-corrected chi connectivity index (χ3v) is 5.66. The second kappa shape index (κ2) is 8.42. The predicted octanol–water partition coefficient (Wildman–Crippen LogP) is 2.82. The highest BCUT2D eigenvalue weighted by molar-refractivity contribution is 7.85. The largest absolute Gasteiger partial charge is 0.315 e. The lowest BCUT2D eigenvalue weighted by Gasteiger charge is -2.03. The Hall–Kier alpha value is -2.89. The molecule has 28 heavy (non-hydrogen) atoms. The molecule has 0 radical (unpaired) electrons. The van der Waals surface area contributed by atoms with E-state index in [4.69, 9.17) is 4.55 Å². The van der Waals surface area contributed by atoms with Crippen molar-refractivity contribution < 1.29 is 17.9 Å². The van der Waals surface area contributed by atoms with Gasteiger partial charge in [-0.15, -0.1) is 5.10 Å². The van der Waals surface area contributed by atoms with Gasteiger partial charge in [0.25, 0.3) is 15.8 Å². The molecule has 3 rings (SSSR count). The van der Waals surface area contributed by atoms with Gasteiger partial charge in [-0.1, -0.05) is 35.6 Å². The van der Waals surface area contributed by atoms with Crippen molar-refractivity contribution in [2.75, 3.05) is 5.75 Å². The molecule has 146 valence electrons. The zero-order valence-electron chi connectivity index (χ0n) is 14.5. The number of nitro benzene ring substituents is 1. The van der Waals surface area contributed by atoms with Crippen LogP contribution in [0.5, 0.6) is 0 Å². The van der Waals surface area contributed by atoms with E-state index in [9.17, 15) is 18.5 Å². The van der Waals surface area contributed by atoms with Crippen molar-refractivity contribution in [2.45, 2.75) is 13.0 Å². The lowest BCUT2D eigenvalue weighted by molar-refractivity contribution is -0.384. The van der Waals surface area contributed by atoms with E-state index in [-0.39, 0.29) is 17.9 Å². The monoisotopic (exact) mass is 420 g/mol. The number of aryl methyl sites for hydroxylation is 1. The fraction of sp³-hybridized carbons (Fsp3) is 0.176. The fourth-order valence-electron chi connectivity index (χ4n) is 2.58. The van der Waals surface area contributed by atoms with Crippen LogP contribution in [-0.2, 0) is 16.7 Å². The maximum Gasteiger partial charge on any atom is 0.270 e. The van der Waals surface area contributed by atoms with Crippen LogP contribution in [0.1, 0.15) is 12.0 Å². The Morgan fingerprint density at radius 3 is 2.75 bits per heavy atom. The molecule has 0 aliphatic carbocycles. The van der Waals surface area contributed by atoms with Crippen LogP contribution < -0.4 is 4.80 Å². The molecular formula is C17H16N4O5S2. The lowest BCUT2D eigenvalue weighted by atomic mass is 10.2. The molecule has 0 spiro atoms. The number of thiazole rings is 1. The predicted molar refractivity (Wildman–Crippen MR) is 107 cm³/mol. The van der Waals surface area contributed by atoms with Gasteiger partial charge in [0.05, 0.1) is 27.1 Å². The summed E-state index contributed by atoms with van der Waals surface area (Å²) in [7, 11) is -4.03. The minimum absolute atomic E-state index is 0.0360. The molecule has 0 aliphatic heterocycles. The van der Waals surface area contributed by atoms with E-state index < -0.39 is 15.0 Å². The molecule has 0 fully saturated rings. The van der Waals surface area contributed by atoms with Crippen LogP contribution in [0, 0.1) is 10.1 Å². The summed E-state index contributed by atoms with van der Waals surface area (Å²) in [6, 6.07) is 13.6. The molecule has 0 aliphatic rings. The third-order valence-electron chi connectivity index (χ3n) is 3.80. The number of hydrogen-bond acceptors (Lipinski definition) is 7. The van der Waals surface area contributed by atoms with E-state index in [0.717, 1.165) is 10.2 Å². The molecule has 0 atom stereocenters. The van der Waals surface area contributed by atoms with Crippen molar-refractivity contribution in [1.82, 2.24) is 4.57 Å².